The van der Waals surface area contributed by atoms with Gasteiger partial charge in [-0.25, -0.2) is 0 Å². The maximum atomic E-state index is 6.58. The Balaban J connectivity index is 1.17. The summed E-state index contributed by atoms with van der Waals surface area (Å²) in [5, 5.41) is 7.33. The van der Waals surface area contributed by atoms with E-state index in [9.17, 15) is 0 Å². The molecule has 7 aromatic carbocycles. The Hall–Kier alpha value is -5.73. The van der Waals surface area contributed by atoms with Crippen molar-refractivity contribution in [3.8, 4) is 11.1 Å². The molecule has 8 aromatic rings. The number of aliphatic imine (C=N–C) groups is 1. The van der Waals surface area contributed by atoms with Crippen molar-refractivity contribution in [1.82, 2.24) is 0 Å². The largest absolute Gasteiger partial charge is 0.456 e. The van der Waals surface area contributed by atoms with Crippen molar-refractivity contribution < 1.29 is 4.42 Å². The van der Waals surface area contributed by atoms with Crippen molar-refractivity contribution in [1.29, 1.82) is 0 Å². The lowest BCUT2D eigenvalue weighted by Gasteiger charge is -2.28. The molecule has 0 amide bonds. The molecule has 2 atom stereocenters. The van der Waals surface area contributed by atoms with Crippen molar-refractivity contribution in [2.75, 3.05) is 0 Å². The highest BCUT2D eigenvalue weighted by molar-refractivity contribution is 6.16. The van der Waals surface area contributed by atoms with Gasteiger partial charge in [-0.2, -0.15) is 0 Å². The predicted octanol–water partition coefficient (Wildman–Crippen LogP) is 11.8. The fourth-order valence-corrected chi connectivity index (χ4v) is 7.32. The number of allylic oxidation sites excluding steroid dienone is 1. The highest BCUT2D eigenvalue weighted by Crippen LogP contribution is 2.41. The summed E-state index contributed by atoms with van der Waals surface area (Å²) in [4.78, 5) is 5.29. The zero-order valence-corrected chi connectivity index (χ0v) is 25.5. The molecule has 0 spiro atoms. The normalized spacial score (nSPS) is 16.6. The van der Waals surface area contributed by atoms with Gasteiger partial charge in [0.05, 0.1) is 11.4 Å². The second-order valence-electron chi connectivity index (χ2n) is 12.4. The molecule has 0 aliphatic carbocycles. The molecule has 1 aliphatic heterocycles. The van der Waals surface area contributed by atoms with Gasteiger partial charge >= 0.3 is 0 Å². The van der Waals surface area contributed by atoms with Crippen LogP contribution in [0.1, 0.15) is 29.5 Å². The smallest absolute Gasteiger partial charge is 0.136 e. The Labute approximate surface area is 268 Å². The lowest BCUT2D eigenvalue weighted by molar-refractivity contribution is 0.665. The minimum absolute atomic E-state index is 0.195. The molecule has 0 fully saturated rings. The number of hydrogen-bond donors (Lipinski definition) is 0. The Morgan fingerprint density at radius 1 is 0.522 bits per heavy atom. The zero-order valence-electron chi connectivity index (χ0n) is 25.5. The van der Waals surface area contributed by atoms with Crippen molar-refractivity contribution >= 4 is 54.9 Å². The number of fused-ring (bicyclic) bond motifs is 6. The van der Waals surface area contributed by atoms with Crippen molar-refractivity contribution in [3.05, 3.63) is 174 Å². The van der Waals surface area contributed by atoms with Gasteiger partial charge in [-0.15, -0.1) is 0 Å². The van der Waals surface area contributed by atoms with Crippen LogP contribution in [0.5, 0.6) is 0 Å². The minimum atomic E-state index is 0.195. The molecule has 46 heavy (non-hydrogen) atoms. The Kier molecular flexibility index (Phi) is 6.21. The number of furan rings is 1. The maximum Gasteiger partial charge on any atom is 0.136 e. The third-order valence-electron chi connectivity index (χ3n) is 9.65. The van der Waals surface area contributed by atoms with E-state index < -0.39 is 0 Å². The monoisotopic (exact) mass is 589 g/mol. The van der Waals surface area contributed by atoms with Crippen LogP contribution in [0, 0.1) is 5.92 Å². The molecule has 0 saturated carbocycles. The minimum Gasteiger partial charge on any atom is -0.456 e. The average Bonchev–Trinajstić information content (AvgIpc) is 3.50. The fourth-order valence-electron chi connectivity index (χ4n) is 7.32. The molecule has 0 radical (unpaired) electrons. The molecule has 0 N–H and O–H groups in total. The lowest BCUT2D eigenvalue weighted by Crippen LogP contribution is -2.23. The highest BCUT2D eigenvalue weighted by atomic mass is 16.3. The van der Waals surface area contributed by atoms with Crippen LogP contribution in [0.3, 0.4) is 0 Å². The van der Waals surface area contributed by atoms with E-state index in [1.807, 2.05) is 0 Å². The van der Waals surface area contributed by atoms with E-state index in [0.717, 1.165) is 44.5 Å². The van der Waals surface area contributed by atoms with Crippen LogP contribution in [0.25, 0.3) is 60.3 Å². The fraction of sp³-hybridized carbons (Fsp3) is 0.0682. The molecule has 2 heteroatoms. The van der Waals surface area contributed by atoms with E-state index in [1.165, 1.54) is 38.2 Å². The molecule has 0 bridgehead atoms. The van der Waals surface area contributed by atoms with Gasteiger partial charge in [-0.3, -0.25) is 4.99 Å². The Morgan fingerprint density at radius 2 is 1.24 bits per heavy atom. The van der Waals surface area contributed by atoms with E-state index in [-0.39, 0.29) is 11.8 Å². The molecule has 2 nitrogen and oxygen atoms in total. The summed E-state index contributed by atoms with van der Waals surface area (Å²) in [6.07, 6.45) is 2.33. The summed E-state index contributed by atoms with van der Waals surface area (Å²) in [7, 11) is 0. The van der Waals surface area contributed by atoms with Gasteiger partial charge in [0.2, 0.25) is 0 Å². The van der Waals surface area contributed by atoms with Gasteiger partial charge in [-0.05, 0) is 79.7 Å². The summed E-state index contributed by atoms with van der Waals surface area (Å²) in [5.74, 6) is 0.410. The first kappa shape index (κ1) is 26.7. The average molecular weight is 590 g/mol. The van der Waals surface area contributed by atoms with E-state index in [0.29, 0.717) is 0 Å². The lowest BCUT2D eigenvalue weighted by atomic mass is 9.79. The predicted molar refractivity (Wildman–Crippen MR) is 193 cm³/mol. The van der Waals surface area contributed by atoms with E-state index in [2.05, 4.69) is 165 Å². The van der Waals surface area contributed by atoms with Crippen molar-refractivity contribution in [2.24, 2.45) is 10.9 Å². The summed E-state index contributed by atoms with van der Waals surface area (Å²) < 4.78 is 6.58. The zero-order chi connectivity index (χ0) is 30.6. The summed E-state index contributed by atoms with van der Waals surface area (Å²) in [6.45, 7) is 2.29. The second-order valence-corrected chi connectivity index (χ2v) is 12.4. The number of rotatable bonds is 4. The van der Waals surface area contributed by atoms with Crippen LogP contribution < -0.4 is 0 Å². The van der Waals surface area contributed by atoms with E-state index >= 15 is 0 Å². The molecule has 218 valence electrons. The van der Waals surface area contributed by atoms with Crippen LogP contribution in [-0.4, -0.2) is 5.71 Å². The van der Waals surface area contributed by atoms with Crippen LogP contribution in [0.15, 0.2) is 167 Å². The maximum absolute atomic E-state index is 6.58. The molecule has 1 aromatic heterocycles. The van der Waals surface area contributed by atoms with Crippen LogP contribution in [0.2, 0.25) is 0 Å². The van der Waals surface area contributed by atoms with Gasteiger partial charge in [0.1, 0.15) is 11.2 Å². The van der Waals surface area contributed by atoms with Crippen molar-refractivity contribution in [3.63, 3.8) is 0 Å². The molecular weight excluding hydrogens is 558 g/mol. The SMILES string of the molecule is CC1C(c2ccc3c(c2)oc2cccc(-c4ccc5c(ccc6ccccc65)c4)c23)=NC(c2ccccc2)=CC1c1ccccc1. The van der Waals surface area contributed by atoms with Crippen LogP contribution >= 0.6 is 0 Å². The number of benzene rings is 7. The number of nitrogens with zero attached hydrogens (tertiary/aromatic N) is 1. The Bertz CT molecular complexity index is 2480. The first-order valence-corrected chi connectivity index (χ1v) is 16.0. The topological polar surface area (TPSA) is 25.5 Å². The highest BCUT2D eigenvalue weighted by Gasteiger charge is 2.28. The molecule has 2 heterocycles. The molecule has 0 saturated heterocycles. The van der Waals surface area contributed by atoms with Gasteiger partial charge < -0.3 is 4.42 Å². The standard InChI is InChI=1S/C44H31NO/c1-28-39(29-11-4-2-5-12-29)27-40(31-14-6-3-7-15-31)45-44(28)34-22-24-38-42(26-34)46-41-18-10-17-37(43(38)41)33-21-23-36-32(25-33)20-19-30-13-8-9-16-35(30)36/h2-28,39H,1H3. The van der Waals surface area contributed by atoms with E-state index in [4.69, 9.17) is 9.41 Å². The Morgan fingerprint density at radius 3 is 2.11 bits per heavy atom. The quantitative estimate of drug-likeness (QED) is 0.188. The third-order valence-corrected chi connectivity index (χ3v) is 9.65. The molecule has 2 unspecified atom stereocenters. The van der Waals surface area contributed by atoms with Crippen LogP contribution in [-0.2, 0) is 0 Å². The molecular formula is C44H31NO. The summed E-state index contributed by atoms with van der Waals surface area (Å²) in [6, 6.07) is 54.2. The summed E-state index contributed by atoms with van der Waals surface area (Å²) in [5.41, 5.74) is 9.77. The van der Waals surface area contributed by atoms with Gasteiger partial charge in [-0.1, -0.05) is 134 Å². The molecule has 1 aliphatic rings. The second kappa shape index (κ2) is 10.7. The number of hydrogen-bond acceptors (Lipinski definition) is 2. The molecule has 9 rings (SSSR count). The third kappa shape index (κ3) is 4.37. The van der Waals surface area contributed by atoms with Gasteiger partial charge in [0.15, 0.2) is 0 Å². The first-order valence-electron chi connectivity index (χ1n) is 16.0. The van der Waals surface area contributed by atoms with Gasteiger partial charge in [0, 0.05) is 22.6 Å². The van der Waals surface area contributed by atoms with E-state index in [1.54, 1.807) is 0 Å². The summed E-state index contributed by atoms with van der Waals surface area (Å²) >= 11 is 0. The first-order chi connectivity index (χ1) is 22.7. The van der Waals surface area contributed by atoms with Gasteiger partial charge in [0.25, 0.3) is 0 Å². The van der Waals surface area contributed by atoms with Crippen molar-refractivity contribution in [2.45, 2.75) is 12.8 Å². The van der Waals surface area contributed by atoms with Crippen LogP contribution in [0.4, 0.5) is 0 Å².